The molecule has 1 atom stereocenters. The lowest BCUT2D eigenvalue weighted by atomic mass is 9.92. The van der Waals surface area contributed by atoms with Crippen LogP contribution in [0.2, 0.25) is 0 Å². The third kappa shape index (κ3) is 5.33. The number of carbonyl (C=O) groups excluding carboxylic acids is 1. The highest BCUT2D eigenvalue weighted by Crippen LogP contribution is 2.32. The van der Waals surface area contributed by atoms with Crippen molar-refractivity contribution in [3.8, 4) is 0 Å². The molecule has 0 saturated carbocycles. The third-order valence-electron chi connectivity index (χ3n) is 3.58. The maximum atomic E-state index is 12.3. The fourth-order valence-electron chi connectivity index (χ4n) is 2.34. The number of halogens is 1. The van der Waals surface area contributed by atoms with Crippen LogP contribution in [0, 0.1) is 5.92 Å². The summed E-state index contributed by atoms with van der Waals surface area (Å²) < 4.78 is 0. The first-order valence-corrected chi connectivity index (χ1v) is 7.46. The summed E-state index contributed by atoms with van der Waals surface area (Å²) in [5.74, 6) is 0.821. The van der Waals surface area contributed by atoms with Gasteiger partial charge >= 0.3 is 0 Å². The second kappa shape index (κ2) is 9.06. The predicted molar refractivity (Wildman–Crippen MR) is 93.6 cm³/mol. The average molecular weight is 313 g/mol. The fraction of sp³-hybridized carbons (Fsp3) is 0.588. The Morgan fingerprint density at radius 3 is 1.90 bits per heavy atom. The summed E-state index contributed by atoms with van der Waals surface area (Å²) in [4.78, 5) is 12.3. The van der Waals surface area contributed by atoms with Gasteiger partial charge in [0.1, 0.15) is 0 Å². The summed E-state index contributed by atoms with van der Waals surface area (Å²) in [6, 6.07) is 6.29. The van der Waals surface area contributed by atoms with Crippen LogP contribution in [0.1, 0.15) is 57.6 Å². The maximum absolute atomic E-state index is 12.3. The molecule has 3 nitrogen and oxygen atoms in total. The van der Waals surface area contributed by atoms with E-state index in [0.29, 0.717) is 18.4 Å². The Kier molecular flexibility index (Phi) is 8.60. The largest absolute Gasteiger partial charge is 0.325 e. The van der Waals surface area contributed by atoms with Crippen molar-refractivity contribution < 1.29 is 4.79 Å². The summed E-state index contributed by atoms with van der Waals surface area (Å²) in [5, 5.41) is 6.20. The van der Waals surface area contributed by atoms with Crippen LogP contribution in [0.4, 0.5) is 5.69 Å². The zero-order chi connectivity index (χ0) is 15.3. The minimum Gasteiger partial charge on any atom is -0.325 e. The zero-order valence-electron chi connectivity index (χ0n) is 14.0. The molecule has 0 heterocycles. The number of hydrogen-bond acceptors (Lipinski definition) is 2. The first-order valence-electron chi connectivity index (χ1n) is 7.46. The molecule has 0 aliphatic carbocycles. The number of amides is 1. The van der Waals surface area contributed by atoms with Gasteiger partial charge in [-0.05, 0) is 30.0 Å². The van der Waals surface area contributed by atoms with E-state index in [-0.39, 0.29) is 24.2 Å². The van der Waals surface area contributed by atoms with Crippen LogP contribution in [0.15, 0.2) is 18.2 Å². The normalized spacial score (nSPS) is 12.2. The highest BCUT2D eigenvalue weighted by Gasteiger charge is 2.18. The van der Waals surface area contributed by atoms with Gasteiger partial charge < -0.3 is 10.6 Å². The van der Waals surface area contributed by atoms with Crippen molar-refractivity contribution in [2.24, 2.45) is 5.92 Å². The molecule has 0 aromatic heterocycles. The number of benzene rings is 1. The second-order valence-corrected chi connectivity index (χ2v) is 6.07. The van der Waals surface area contributed by atoms with Crippen LogP contribution < -0.4 is 10.6 Å². The van der Waals surface area contributed by atoms with Crippen LogP contribution in [0.5, 0.6) is 0 Å². The van der Waals surface area contributed by atoms with Crippen LogP contribution >= 0.6 is 12.4 Å². The maximum Gasteiger partial charge on any atom is 0.228 e. The van der Waals surface area contributed by atoms with Gasteiger partial charge in [-0.3, -0.25) is 4.79 Å². The van der Waals surface area contributed by atoms with E-state index in [1.165, 1.54) is 11.1 Å². The van der Waals surface area contributed by atoms with Gasteiger partial charge in [0.05, 0.1) is 0 Å². The number of rotatable bonds is 6. The molecule has 1 aromatic carbocycles. The number of anilines is 1. The standard InChI is InChI=1S/C17H28N2O.ClH/c1-11(2)14-8-7-9-15(12(3)4)16(14)19-17(20)13(5)10-18-6;/h7-9,11-13,18H,10H2,1-6H3,(H,19,20);1H. The zero-order valence-corrected chi connectivity index (χ0v) is 14.8. The van der Waals surface area contributed by atoms with Gasteiger partial charge in [0.2, 0.25) is 5.91 Å². The van der Waals surface area contributed by atoms with Crippen molar-refractivity contribution in [2.45, 2.75) is 46.5 Å². The monoisotopic (exact) mass is 312 g/mol. The van der Waals surface area contributed by atoms with E-state index in [9.17, 15) is 4.79 Å². The van der Waals surface area contributed by atoms with E-state index in [1.807, 2.05) is 14.0 Å². The molecule has 1 unspecified atom stereocenters. The smallest absolute Gasteiger partial charge is 0.228 e. The molecule has 0 aliphatic heterocycles. The van der Waals surface area contributed by atoms with Crippen molar-refractivity contribution in [1.82, 2.24) is 5.32 Å². The van der Waals surface area contributed by atoms with Gasteiger partial charge in [-0.2, -0.15) is 0 Å². The quantitative estimate of drug-likeness (QED) is 0.828. The Bertz CT molecular complexity index is 432. The van der Waals surface area contributed by atoms with Crippen LogP contribution in [0.3, 0.4) is 0 Å². The molecule has 21 heavy (non-hydrogen) atoms. The van der Waals surface area contributed by atoms with Crippen molar-refractivity contribution >= 4 is 24.0 Å². The molecule has 1 aromatic rings. The average Bonchev–Trinajstić information content (AvgIpc) is 2.38. The van der Waals surface area contributed by atoms with Crippen LogP contribution in [-0.4, -0.2) is 19.5 Å². The number of nitrogens with one attached hydrogen (secondary N) is 2. The topological polar surface area (TPSA) is 41.1 Å². The van der Waals surface area contributed by atoms with Gasteiger partial charge in [0, 0.05) is 18.2 Å². The van der Waals surface area contributed by atoms with E-state index < -0.39 is 0 Å². The molecule has 0 spiro atoms. The Morgan fingerprint density at radius 2 is 1.52 bits per heavy atom. The Labute approximate surface area is 135 Å². The predicted octanol–water partition coefficient (Wildman–Crippen LogP) is 4.15. The molecular weight excluding hydrogens is 284 g/mol. The fourth-order valence-corrected chi connectivity index (χ4v) is 2.34. The minimum atomic E-state index is -0.0415. The molecule has 4 heteroatoms. The van der Waals surface area contributed by atoms with E-state index in [0.717, 1.165) is 5.69 Å². The minimum absolute atomic E-state index is 0. The van der Waals surface area contributed by atoms with Crippen molar-refractivity contribution in [3.63, 3.8) is 0 Å². The molecule has 1 rings (SSSR count). The van der Waals surface area contributed by atoms with Gasteiger partial charge in [-0.25, -0.2) is 0 Å². The first kappa shape index (κ1) is 19.9. The summed E-state index contributed by atoms with van der Waals surface area (Å²) in [6.07, 6.45) is 0. The molecule has 2 N–H and O–H groups in total. The summed E-state index contributed by atoms with van der Waals surface area (Å²) >= 11 is 0. The highest BCUT2D eigenvalue weighted by atomic mass is 35.5. The van der Waals surface area contributed by atoms with E-state index in [1.54, 1.807) is 0 Å². The molecule has 0 radical (unpaired) electrons. The summed E-state index contributed by atoms with van der Waals surface area (Å²) in [7, 11) is 1.87. The second-order valence-electron chi connectivity index (χ2n) is 6.07. The Morgan fingerprint density at radius 1 is 1.05 bits per heavy atom. The SMILES string of the molecule is CNCC(C)C(=O)Nc1c(C(C)C)cccc1C(C)C.Cl. The van der Waals surface area contributed by atoms with Gasteiger partial charge in [-0.1, -0.05) is 52.8 Å². The Balaban J connectivity index is 0.00000400. The molecular formula is C17H29ClN2O. The first-order chi connectivity index (χ1) is 9.38. The number of carbonyl (C=O) groups is 1. The number of para-hydroxylation sites is 1. The van der Waals surface area contributed by atoms with Crippen LogP contribution in [0.25, 0.3) is 0 Å². The molecule has 120 valence electrons. The van der Waals surface area contributed by atoms with Crippen molar-refractivity contribution in [1.29, 1.82) is 0 Å². The summed E-state index contributed by atoms with van der Waals surface area (Å²) in [6.45, 7) is 11.3. The van der Waals surface area contributed by atoms with E-state index in [4.69, 9.17) is 0 Å². The van der Waals surface area contributed by atoms with Crippen LogP contribution in [-0.2, 0) is 4.79 Å². The highest BCUT2D eigenvalue weighted by molar-refractivity contribution is 5.94. The molecule has 0 bridgehead atoms. The van der Waals surface area contributed by atoms with E-state index in [2.05, 4.69) is 56.5 Å². The van der Waals surface area contributed by atoms with Gasteiger partial charge in [0.25, 0.3) is 0 Å². The molecule has 0 aliphatic rings. The Hall–Kier alpha value is -1.06. The lowest BCUT2D eigenvalue weighted by molar-refractivity contribution is -0.119. The number of hydrogen-bond donors (Lipinski definition) is 2. The van der Waals surface area contributed by atoms with Crippen molar-refractivity contribution in [2.75, 3.05) is 18.9 Å². The van der Waals surface area contributed by atoms with Gasteiger partial charge in [-0.15, -0.1) is 12.4 Å². The van der Waals surface area contributed by atoms with Crippen molar-refractivity contribution in [3.05, 3.63) is 29.3 Å². The van der Waals surface area contributed by atoms with Gasteiger partial charge in [0.15, 0.2) is 0 Å². The molecule has 0 fully saturated rings. The molecule has 0 saturated heterocycles. The lowest BCUT2D eigenvalue weighted by Crippen LogP contribution is -2.29. The molecule has 1 amide bonds. The van der Waals surface area contributed by atoms with E-state index >= 15 is 0 Å². The lowest BCUT2D eigenvalue weighted by Gasteiger charge is -2.21. The third-order valence-corrected chi connectivity index (χ3v) is 3.58. The summed E-state index contributed by atoms with van der Waals surface area (Å²) in [5.41, 5.74) is 3.42.